The molecule has 1 aliphatic rings. The molecule has 0 radical (unpaired) electrons. The van der Waals surface area contributed by atoms with Crippen molar-refractivity contribution in [3.8, 4) is 11.1 Å². The van der Waals surface area contributed by atoms with E-state index in [0.29, 0.717) is 0 Å². The third-order valence-electron chi connectivity index (χ3n) is 6.55. The molecule has 0 bridgehead atoms. The van der Waals surface area contributed by atoms with E-state index in [0.717, 1.165) is 27.8 Å². The number of amides is 2. The van der Waals surface area contributed by atoms with Crippen LogP contribution >= 0.6 is 0 Å². The highest BCUT2D eigenvalue weighted by molar-refractivity contribution is 6.02. The first-order valence-electron chi connectivity index (χ1n) is 12.1. The standard InChI is InChI=1S/C29H26N4O5/c1-32-27(28(36)33(17-26(34)35)16-19-9-3-2-4-10-19)25(15-30-32)31-29(37)38-18-24-22-13-7-5-11-20(22)21-12-6-8-14-23(21)24/h2-15,24H,16-18H2,1H3,(H,31,37)(H,34,35). The van der Waals surface area contributed by atoms with Gasteiger partial charge in [0.05, 0.1) is 11.9 Å². The van der Waals surface area contributed by atoms with Gasteiger partial charge in [-0.1, -0.05) is 78.9 Å². The van der Waals surface area contributed by atoms with Gasteiger partial charge in [-0.25, -0.2) is 4.79 Å². The number of rotatable bonds is 8. The van der Waals surface area contributed by atoms with Crippen molar-refractivity contribution < 1.29 is 24.2 Å². The lowest BCUT2D eigenvalue weighted by molar-refractivity contribution is -0.137. The number of aryl methyl sites for hydroxylation is 1. The lowest BCUT2D eigenvalue weighted by Gasteiger charge is -2.21. The van der Waals surface area contributed by atoms with Crippen LogP contribution in [0.1, 0.15) is 33.1 Å². The quantitative estimate of drug-likeness (QED) is 0.361. The summed E-state index contributed by atoms with van der Waals surface area (Å²) in [7, 11) is 1.55. The number of nitrogens with one attached hydrogen (secondary N) is 1. The molecule has 0 saturated carbocycles. The number of benzene rings is 3. The molecule has 1 heterocycles. The molecule has 0 fully saturated rings. The first-order valence-corrected chi connectivity index (χ1v) is 12.1. The van der Waals surface area contributed by atoms with Crippen LogP contribution in [-0.4, -0.2) is 50.9 Å². The molecule has 9 nitrogen and oxygen atoms in total. The Morgan fingerprint density at radius 2 is 1.55 bits per heavy atom. The van der Waals surface area contributed by atoms with E-state index in [2.05, 4.69) is 22.5 Å². The fourth-order valence-corrected chi connectivity index (χ4v) is 4.84. The minimum absolute atomic E-state index is 0.0516. The van der Waals surface area contributed by atoms with Crippen molar-refractivity contribution in [3.63, 3.8) is 0 Å². The maximum Gasteiger partial charge on any atom is 0.411 e. The predicted molar refractivity (Wildman–Crippen MR) is 141 cm³/mol. The molecule has 0 unspecified atom stereocenters. The average molecular weight is 511 g/mol. The molecule has 1 aromatic heterocycles. The molecule has 0 aliphatic heterocycles. The van der Waals surface area contributed by atoms with Crippen molar-refractivity contribution in [2.75, 3.05) is 18.5 Å². The van der Waals surface area contributed by atoms with Crippen LogP contribution in [0.15, 0.2) is 85.1 Å². The molecule has 38 heavy (non-hydrogen) atoms. The van der Waals surface area contributed by atoms with Crippen LogP contribution < -0.4 is 5.32 Å². The van der Waals surface area contributed by atoms with E-state index in [1.54, 1.807) is 19.2 Å². The van der Waals surface area contributed by atoms with Gasteiger partial charge in [-0.05, 0) is 27.8 Å². The molecule has 0 spiro atoms. The van der Waals surface area contributed by atoms with Crippen LogP contribution in [0.3, 0.4) is 0 Å². The normalized spacial score (nSPS) is 11.9. The van der Waals surface area contributed by atoms with Crippen LogP contribution in [0.4, 0.5) is 10.5 Å². The zero-order valence-electron chi connectivity index (χ0n) is 20.7. The van der Waals surface area contributed by atoms with E-state index in [1.165, 1.54) is 15.8 Å². The SMILES string of the molecule is Cn1ncc(NC(=O)OCC2c3ccccc3-c3ccccc32)c1C(=O)N(CC(=O)O)Cc1ccccc1. The van der Waals surface area contributed by atoms with Crippen molar-refractivity contribution in [1.29, 1.82) is 0 Å². The van der Waals surface area contributed by atoms with Gasteiger partial charge in [-0.3, -0.25) is 19.6 Å². The van der Waals surface area contributed by atoms with Crippen LogP contribution in [-0.2, 0) is 23.1 Å². The largest absolute Gasteiger partial charge is 0.480 e. The second-order valence-corrected chi connectivity index (χ2v) is 9.02. The van der Waals surface area contributed by atoms with E-state index in [1.807, 2.05) is 54.6 Å². The number of fused-ring (bicyclic) bond motifs is 3. The fourth-order valence-electron chi connectivity index (χ4n) is 4.84. The van der Waals surface area contributed by atoms with E-state index in [9.17, 15) is 19.5 Å². The number of ether oxygens (including phenoxy) is 1. The van der Waals surface area contributed by atoms with Gasteiger partial charge >= 0.3 is 12.1 Å². The van der Waals surface area contributed by atoms with Crippen LogP contribution in [0, 0.1) is 0 Å². The molecule has 1 aliphatic carbocycles. The predicted octanol–water partition coefficient (Wildman–Crippen LogP) is 4.51. The second kappa shape index (κ2) is 10.6. The highest BCUT2D eigenvalue weighted by atomic mass is 16.5. The van der Waals surface area contributed by atoms with Gasteiger partial charge in [0.1, 0.15) is 18.8 Å². The molecule has 2 N–H and O–H groups in total. The Hall–Kier alpha value is -4.92. The van der Waals surface area contributed by atoms with E-state index >= 15 is 0 Å². The number of carbonyl (C=O) groups excluding carboxylic acids is 2. The van der Waals surface area contributed by atoms with Crippen molar-refractivity contribution in [1.82, 2.24) is 14.7 Å². The summed E-state index contributed by atoms with van der Waals surface area (Å²) in [6.07, 6.45) is 0.609. The van der Waals surface area contributed by atoms with Gasteiger partial charge < -0.3 is 14.7 Å². The maximum atomic E-state index is 13.4. The van der Waals surface area contributed by atoms with Crippen molar-refractivity contribution in [2.45, 2.75) is 12.5 Å². The lowest BCUT2D eigenvalue weighted by Crippen LogP contribution is -2.36. The number of anilines is 1. The molecular formula is C29H26N4O5. The Bertz CT molecular complexity index is 1450. The van der Waals surface area contributed by atoms with Gasteiger partial charge in [-0.15, -0.1) is 0 Å². The molecule has 2 amide bonds. The topological polar surface area (TPSA) is 114 Å². The second-order valence-electron chi connectivity index (χ2n) is 9.02. The third-order valence-corrected chi connectivity index (χ3v) is 6.55. The summed E-state index contributed by atoms with van der Waals surface area (Å²) in [5.41, 5.74) is 5.38. The fraction of sp³-hybridized carbons (Fsp3) is 0.172. The summed E-state index contributed by atoms with van der Waals surface area (Å²) in [5.74, 6) is -1.84. The number of nitrogens with zero attached hydrogens (tertiary/aromatic N) is 3. The van der Waals surface area contributed by atoms with Gasteiger partial charge in [0, 0.05) is 19.5 Å². The third kappa shape index (κ3) is 4.99. The Kier molecular flexibility index (Phi) is 6.90. The first-order chi connectivity index (χ1) is 18.4. The number of carboxylic acids is 1. The monoisotopic (exact) mass is 510 g/mol. The molecule has 4 aromatic rings. The zero-order valence-corrected chi connectivity index (χ0v) is 20.7. The first kappa shape index (κ1) is 24.8. The van der Waals surface area contributed by atoms with Crippen LogP contribution in [0.25, 0.3) is 11.1 Å². The molecular weight excluding hydrogens is 484 g/mol. The summed E-state index contributed by atoms with van der Waals surface area (Å²) in [6, 6.07) is 25.1. The Morgan fingerprint density at radius 3 is 2.18 bits per heavy atom. The number of aromatic nitrogens is 2. The number of hydrogen-bond acceptors (Lipinski definition) is 5. The van der Waals surface area contributed by atoms with Crippen molar-refractivity contribution in [2.24, 2.45) is 7.05 Å². The van der Waals surface area contributed by atoms with Gasteiger partial charge in [-0.2, -0.15) is 5.10 Å². The molecule has 5 rings (SSSR count). The molecule has 192 valence electrons. The van der Waals surface area contributed by atoms with Gasteiger partial charge in [0.25, 0.3) is 5.91 Å². The van der Waals surface area contributed by atoms with Crippen molar-refractivity contribution in [3.05, 3.63) is 107 Å². The van der Waals surface area contributed by atoms with E-state index in [-0.39, 0.29) is 30.5 Å². The Labute approximate surface area is 219 Å². The minimum Gasteiger partial charge on any atom is -0.480 e. The Morgan fingerprint density at radius 1 is 0.947 bits per heavy atom. The molecule has 0 saturated heterocycles. The highest BCUT2D eigenvalue weighted by Crippen LogP contribution is 2.44. The number of carbonyl (C=O) groups is 3. The minimum atomic E-state index is -1.15. The van der Waals surface area contributed by atoms with Crippen LogP contribution in [0.5, 0.6) is 0 Å². The maximum absolute atomic E-state index is 13.4. The van der Waals surface area contributed by atoms with Gasteiger partial charge in [0.15, 0.2) is 0 Å². The summed E-state index contributed by atoms with van der Waals surface area (Å²) < 4.78 is 6.91. The molecule has 0 atom stereocenters. The number of hydrogen-bond donors (Lipinski definition) is 2. The van der Waals surface area contributed by atoms with Crippen LogP contribution in [0.2, 0.25) is 0 Å². The average Bonchev–Trinajstić information content (AvgIpc) is 3.44. The number of aliphatic carboxylic acids is 1. The van der Waals surface area contributed by atoms with Gasteiger partial charge in [0.2, 0.25) is 0 Å². The molecule has 3 aromatic carbocycles. The smallest absolute Gasteiger partial charge is 0.411 e. The number of carboxylic acid groups (broad SMARTS) is 1. The van der Waals surface area contributed by atoms with E-state index < -0.39 is 24.5 Å². The zero-order chi connectivity index (χ0) is 26.6. The van der Waals surface area contributed by atoms with Crippen molar-refractivity contribution >= 4 is 23.7 Å². The molecule has 9 heteroatoms. The summed E-state index contributed by atoms with van der Waals surface area (Å²) >= 11 is 0. The summed E-state index contributed by atoms with van der Waals surface area (Å²) in [4.78, 5) is 38.9. The Balaban J connectivity index is 1.31. The van der Waals surface area contributed by atoms with E-state index in [4.69, 9.17) is 4.74 Å². The highest BCUT2D eigenvalue weighted by Gasteiger charge is 2.30. The summed E-state index contributed by atoms with van der Waals surface area (Å²) in [5, 5.41) is 16.1. The summed E-state index contributed by atoms with van der Waals surface area (Å²) in [6.45, 7) is -0.312. The lowest BCUT2D eigenvalue weighted by atomic mass is 9.98.